The Morgan fingerprint density at radius 1 is 0.933 bits per heavy atom. The van der Waals surface area contributed by atoms with Crippen LogP contribution in [0.15, 0.2) is 42.5 Å². The molecule has 0 radical (unpaired) electrons. The number of ether oxygens (including phenoxy) is 3. The van der Waals surface area contributed by atoms with Gasteiger partial charge in [0.05, 0.1) is 27.0 Å². The second kappa shape index (κ2) is 10.6. The van der Waals surface area contributed by atoms with Crippen LogP contribution in [0.5, 0.6) is 17.2 Å². The SMILES string of the molecule is COc1ccc(N2CCN(CCNC(=O)Nc3cccc(OC)c3OC)CC2)cc1. The van der Waals surface area contributed by atoms with Gasteiger partial charge in [-0.2, -0.15) is 0 Å². The molecule has 3 rings (SSSR count). The fraction of sp³-hybridized carbons (Fsp3) is 0.409. The molecule has 1 fully saturated rings. The van der Waals surface area contributed by atoms with Crippen molar-refractivity contribution in [3.63, 3.8) is 0 Å². The Balaban J connectivity index is 1.40. The molecule has 0 bridgehead atoms. The standard InChI is InChI=1S/C22H30N4O4/c1-28-18-9-7-17(8-10-18)26-15-13-25(14-16-26)12-11-23-22(27)24-19-5-4-6-20(29-2)21(19)30-3/h4-10H,11-16H2,1-3H3,(H2,23,24,27). The number of nitrogens with one attached hydrogen (secondary N) is 2. The molecule has 0 aromatic heterocycles. The summed E-state index contributed by atoms with van der Waals surface area (Å²) in [4.78, 5) is 17.0. The highest BCUT2D eigenvalue weighted by molar-refractivity contribution is 5.91. The molecule has 0 unspecified atom stereocenters. The van der Waals surface area contributed by atoms with Crippen LogP contribution in [0.25, 0.3) is 0 Å². The van der Waals surface area contributed by atoms with Crippen molar-refractivity contribution in [2.75, 3.05) is 70.8 Å². The monoisotopic (exact) mass is 414 g/mol. The minimum atomic E-state index is -0.265. The number of methoxy groups -OCH3 is 3. The number of urea groups is 1. The summed E-state index contributed by atoms with van der Waals surface area (Å²) in [5, 5.41) is 5.73. The van der Waals surface area contributed by atoms with Crippen LogP contribution < -0.4 is 29.7 Å². The van der Waals surface area contributed by atoms with Crippen LogP contribution >= 0.6 is 0 Å². The van der Waals surface area contributed by atoms with Gasteiger partial charge in [0.2, 0.25) is 0 Å². The summed E-state index contributed by atoms with van der Waals surface area (Å²) in [5.41, 5.74) is 1.78. The van der Waals surface area contributed by atoms with E-state index in [0.29, 0.717) is 23.7 Å². The number of carbonyl (C=O) groups is 1. The number of nitrogens with zero attached hydrogens (tertiary/aromatic N) is 2. The van der Waals surface area contributed by atoms with Crippen LogP contribution in [0.3, 0.4) is 0 Å². The molecule has 0 atom stereocenters. The lowest BCUT2D eigenvalue weighted by Gasteiger charge is -2.36. The number of rotatable bonds is 8. The van der Waals surface area contributed by atoms with Gasteiger partial charge in [-0.15, -0.1) is 0 Å². The Labute approximate surface area is 177 Å². The molecule has 30 heavy (non-hydrogen) atoms. The largest absolute Gasteiger partial charge is 0.497 e. The number of carbonyl (C=O) groups excluding carboxylic acids is 1. The van der Waals surface area contributed by atoms with Crippen molar-refractivity contribution in [3.05, 3.63) is 42.5 Å². The average molecular weight is 415 g/mol. The molecule has 0 aliphatic carbocycles. The summed E-state index contributed by atoms with van der Waals surface area (Å²) in [5.74, 6) is 1.95. The molecule has 1 aliphatic rings. The van der Waals surface area contributed by atoms with Gasteiger partial charge < -0.3 is 29.7 Å². The van der Waals surface area contributed by atoms with Crippen molar-refractivity contribution in [3.8, 4) is 17.2 Å². The lowest BCUT2D eigenvalue weighted by Crippen LogP contribution is -2.48. The highest BCUT2D eigenvalue weighted by Gasteiger charge is 2.17. The molecular weight excluding hydrogens is 384 g/mol. The minimum Gasteiger partial charge on any atom is -0.497 e. The molecule has 2 aromatic carbocycles. The third-order valence-electron chi connectivity index (χ3n) is 5.17. The molecule has 8 heteroatoms. The van der Waals surface area contributed by atoms with E-state index >= 15 is 0 Å². The van der Waals surface area contributed by atoms with Gasteiger partial charge in [-0.1, -0.05) is 6.07 Å². The summed E-state index contributed by atoms with van der Waals surface area (Å²) in [6.07, 6.45) is 0. The van der Waals surface area contributed by atoms with Crippen molar-refractivity contribution in [2.24, 2.45) is 0 Å². The van der Waals surface area contributed by atoms with Crippen molar-refractivity contribution in [1.82, 2.24) is 10.2 Å². The van der Waals surface area contributed by atoms with Gasteiger partial charge in [-0.05, 0) is 36.4 Å². The van der Waals surface area contributed by atoms with Gasteiger partial charge in [0, 0.05) is 45.0 Å². The van der Waals surface area contributed by atoms with Crippen molar-refractivity contribution < 1.29 is 19.0 Å². The number of hydrogen-bond acceptors (Lipinski definition) is 6. The lowest BCUT2D eigenvalue weighted by atomic mass is 10.2. The molecule has 0 saturated carbocycles. The molecule has 2 aromatic rings. The van der Waals surface area contributed by atoms with E-state index in [-0.39, 0.29) is 6.03 Å². The zero-order chi connectivity index (χ0) is 21.3. The maximum Gasteiger partial charge on any atom is 0.319 e. The van der Waals surface area contributed by atoms with Crippen LogP contribution in [0.4, 0.5) is 16.2 Å². The van der Waals surface area contributed by atoms with E-state index < -0.39 is 0 Å². The average Bonchev–Trinajstić information content (AvgIpc) is 2.79. The zero-order valence-corrected chi connectivity index (χ0v) is 17.8. The summed E-state index contributed by atoms with van der Waals surface area (Å²) in [6, 6.07) is 13.3. The van der Waals surface area contributed by atoms with Gasteiger partial charge in [0.25, 0.3) is 0 Å². The number of piperazine rings is 1. The Bertz CT molecular complexity index is 820. The molecule has 2 N–H and O–H groups in total. The predicted octanol–water partition coefficient (Wildman–Crippen LogP) is 2.66. The second-order valence-electron chi connectivity index (χ2n) is 6.95. The van der Waals surface area contributed by atoms with Gasteiger partial charge >= 0.3 is 6.03 Å². The first-order valence-electron chi connectivity index (χ1n) is 10.0. The third kappa shape index (κ3) is 5.48. The van der Waals surface area contributed by atoms with E-state index in [1.807, 2.05) is 12.1 Å². The Kier molecular flexibility index (Phi) is 7.62. The first-order valence-corrected chi connectivity index (χ1v) is 10.0. The van der Waals surface area contributed by atoms with Gasteiger partial charge in [0.1, 0.15) is 5.75 Å². The highest BCUT2D eigenvalue weighted by Crippen LogP contribution is 2.34. The van der Waals surface area contributed by atoms with Crippen LogP contribution in [-0.4, -0.2) is 71.5 Å². The molecule has 2 amide bonds. The van der Waals surface area contributed by atoms with E-state index in [1.165, 1.54) is 5.69 Å². The third-order valence-corrected chi connectivity index (χ3v) is 5.17. The number of anilines is 2. The zero-order valence-electron chi connectivity index (χ0n) is 17.8. The van der Waals surface area contributed by atoms with Gasteiger partial charge in [0.15, 0.2) is 11.5 Å². The Morgan fingerprint density at radius 2 is 1.67 bits per heavy atom. The normalized spacial score (nSPS) is 14.2. The fourth-order valence-electron chi connectivity index (χ4n) is 3.50. The quantitative estimate of drug-likeness (QED) is 0.692. The summed E-state index contributed by atoms with van der Waals surface area (Å²) >= 11 is 0. The van der Waals surface area contributed by atoms with E-state index in [1.54, 1.807) is 39.5 Å². The number of amides is 2. The molecule has 162 valence electrons. The van der Waals surface area contributed by atoms with E-state index in [9.17, 15) is 4.79 Å². The van der Waals surface area contributed by atoms with Crippen LogP contribution in [0.1, 0.15) is 0 Å². The van der Waals surface area contributed by atoms with E-state index in [2.05, 4.69) is 32.6 Å². The van der Waals surface area contributed by atoms with Crippen molar-refractivity contribution in [2.45, 2.75) is 0 Å². The smallest absolute Gasteiger partial charge is 0.319 e. The Hall–Kier alpha value is -3.13. The number of hydrogen-bond donors (Lipinski definition) is 2. The summed E-state index contributed by atoms with van der Waals surface area (Å²) in [6.45, 7) is 5.21. The maximum atomic E-state index is 12.3. The van der Waals surface area contributed by atoms with Gasteiger partial charge in [-0.25, -0.2) is 4.79 Å². The minimum absolute atomic E-state index is 0.265. The molecule has 8 nitrogen and oxygen atoms in total. The van der Waals surface area contributed by atoms with E-state index in [4.69, 9.17) is 14.2 Å². The molecule has 1 heterocycles. The van der Waals surface area contributed by atoms with E-state index in [0.717, 1.165) is 38.5 Å². The fourth-order valence-corrected chi connectivity index (χ4v) is 3.50. The van der Waals surface area contributed by atoms with Crippen LogP contribution in [-0.2, 0) is 0 Å². The second-order valence-corrected chi connectivity index (χ2v) is 6.95. The molecule has 1 aliphatic heterocycles. The summed E-state index contributed by atoms with van der Waals surface area (Å²) < 4.78 is 15.8. The van der Waals surface area contributed by atoms with Crippen LogP contribution in [0, 0.1) is 0 Å². The molecular formula is C22H30N4O4. The summed E-state index contributed by atoms with van der Waals surface area (Å²) in [7, 11) is 4.79. The van der Waals surface area contributed by atoms with Crippen molar-refractivity contribution in [1.29, 1.82) is 0 Å². The predicted molar refractivity (Wildman–Crippen MR) is 118 cm³/mol. The Morgan fingerprint density at radius 3 is 2.30 bits per heavy atom. The van der Waals surface area contributed by atoms with Gasteiger partial charge in [-0.3, -0.25) is 4.90 Å². The molecule has 0 spiro atoms. The first-order chi connectivity index (χ1) is 14.6. The number of benzene rings is 2. The lowest BCUT2D eigenvalue weighted by molar-refractivity contribution is 0.240. The molecule has 1 saturated heterocycles. The topological polar surface area (TPSA) is 75.3 Å². The number of para-hydroxylation sites is 1. The van der Waals surface area contributed by atoms with Crippen LogP contribution in [0.2, 0.25) is 0 Å². The first kappa shape index (κ1) is 21.6. The maximum absolute atomic E-state index is 12.3. The van der Waals surface area contributed by atoms with Crippen molar-refractivity contribution >= 4 is 17.4 Å². The highest BCUT2D eigenvalue weighted by atomic mass is 16.5.